The highest BCUT2D eigenvalue weighted by Gasteiger charge is 2.51. The number of aliphatic hydroxyl groups is 1. The molecule has 0 aromatic carbocycles. The Morgan fingerprint density at radius 3 is 2.20 bits per heavy atom. The largest absolute Gasteiger partial charge is 0.481 e. The van der Waals surface area contributed by atoms with Gasteiger partial charge >= 0.3 is 5.97 Å². The van der Waals surface area contributed by atoms with Gasteiger partial charge in [0.1, 0.15) is 0 Å². The predicted octanol–water partition coefficient (Wildman–Crippen LogP) is 2.43. The monoisotopic (exact) mass is 214 g/mol. The van der Waals surface area contributed by atoms with Gasteiger partial charge in [-0.05, 0) is 37.5 Å². The number of carboxylic acid groups (broad SMARTS) is 1. The fraction of sp³-hybridized carbons (Fsp3) is 0.917. The second-order valence-corrected chi connectivity index (χ2v) is 5.36. The Bertz CT molecular complexity index is 237. The molecule has 0 aliphatic heterocycles. The van der Waals surface area contributed by atoms with Crippen molar-refractivity contribution in [3.8, 4) is 0 Å². The van der Waals surface area contributed by atoms with Crippen molar-refractivity contribution in [3.05, 3.63) is 0 Å². The topological polar surface area (TPSA) is 57.5 Å². The van der Waals surface area contributed by atoms with Crippen LogP contribution in [0.1, 0.15) is 52.9 Å². The molecule has 0 bridgehead atoms. The SMILES string of the molecule is CCC(C)(C)C1(C(=O)O)CCC(O)CC1. The predicted molar refractivity (Wildman–Crippen MR) is 58.6 cm³/mol. The molecule has 1 aliphatic carbocycles. The third-order valence-electron chi connectivity index (χ3n) is 4.40. The van der Waals surface area contributed by atoms with E-state index in [1.165, 1.54) is 0 Å². The van der Waals surface area contributed by atoms with E-state index in [1.807, 2.05) is 20.8 Å². The van der Waals surface area contributed by atoms with Crippen molar-refractivity contribution in [3.63, 3.8) is 0 Å². The molecule has 0 saturated heterocycles. The normalized spacial score (nSPS) is 32.7. The lowest BCUT2D eigenvalue weighted by molar-refractivity contribution is -0.163. The van der Waals surface area contributed by atoms with Gasteiger partial charge in [-0.3, -0.25) is 4.79 Å². The number of aliphatic hydroxyl groups excluding tert-OH is 1. The Morgan fingerprint density at radius 2 is 1.87 bits per heavy atom. The number of carboxylic acids is 1. The van der Waals surface area contributed by atoms with Gasteiger partial charge in [0.25, 0.3) is 0 Å². The maximum atomic E-state index is 11.5. The highest BCUT2D eigenvalue weighted by Crippen LogP contribution is 2.51. The molecule has 1 fully saturated rings. The molecule has 0 radical (unpaired) electrons. The Balaban J connectivity index is 2.95. The number of rotatable bonds is 3. The molecule has 0 spiro atoms. The summed E-state index contributed by atoms with van der Waals surface area (Å²) in [6.45, 7) is 6.09. The molecule has 0 aromatic heterocycles. The number of carbonyl (C=O) groups is 1. The van der Waals surface area contributed by atoms with E-state index in [-0.39, 0.29) is 11.5 Å². The summed E-state index contributed by atoms with van der Waals surface area (Å²) < 4.78 is 0. The molecule has 2 N–H and O–H groups in total. The fourth-order valence-electron chi connectivity index (χ4n) is 2.61. The first-order chi connectivity index (χ1) is 6.85. The summed E-state index contributed by atoms with van der Waals surface area (Å²) in [5, 5.41) is 18.9. The molecule has 0 aromatic rings. The van der Waals surface area contributed by atoms with Gasteiger partial charge in [-0.25, -0.2) is 0 Å². The lowest BCUT2D eigenvalue weighted by atomic mass is 9.57. The highest BCUT2D eigenvalue weighted by atomic mass is 16.4. The summed E-state index contributed by atoms with van der Waals surface area (Å²) in [6.07, 6.45) is 3.00. The first-order valence-corrected chi connectivity index (χ1v) is 5.77. The van der Waals surface area contributed by atoms with Crippen molar-refractivity contribution >= 4 is 5.97 Å². The van der Waals surface area contributed by atoms with Gasteiger partial charge in [0.2, 0.25) is 0 Å². The van der Waals surface area contributed by atoms with E-state index in [2.05, 4.69) is 0 Å². The van der Waals surface area contributed by atoms with E-state index in [9.17, 15) is 15.0 Å². The van der Waals surface area contributed by atoms with Crippen LogP contribution in [0.5, 0.6) is 0 Å². The number of aliphatic carboxylic acids is 1. The van der Waals surface area contributed by atoms with Crippen LogP contribution in [0.25, 0.3) is 0 Å². The van der Waals surface area contributed by atoms with Crippen LogP contribution in [0.4, 0.5) is 0 Å². The van der Waals surface area contributed by atoms with Crippen LogP contribution in [-0.4, -0.2) is 22.3 Å². The van der Waals surface area contributed by atoms with Crippen molar-refractivity contribution in [2.45, 2.75) is 59.0 Å². The molecule has 0 heterocycles. The van der Waals surface area contributed by atoms with Crippen LogP contribution < -0.4 is 0 Å². The third-order valence-corrected chi connectivity index (χ3v) is 4.40. The molecule has 15 heavy (non-hydrogen) atoms. The van der Waals surface area contributed by atoms with Crippen LogP contribution in [0.2, 0.25) is 0 Å². The summed E-state index contributed by atoms with van der Waals surface area (Å²) in [5.41, 5.74) is -0.833. The zero-order valence-corrected chi connectivity index (χ0v) is 9.92. The standard InChI is InChI=1S/C12H22O3/c1-4-11(2,3)12(10(14)15)7-5-9(13)6-8-12/h9,13H,4-8H2,1-3H3,(H,14,15). The van der Waals surface area contributed by atoms with Crippen molar-refractivity contribution in [1.82, 2.24) is 0 Å². The van der Waals surface area contributed by atoms with Crippen molar-refractivity contribution in [2.75, 3.05) is 0 Å². The maximum absolute atomic E-state index is 11.5. The van der Waals surface area contributed by atoms with E-state index >= 15 is 0 Å². The lowest BCUT2D eigenvalue weighted by Crippen LogP contribution is -2.47. The fourth-order valence-corrected chi connectivity index (χ4v) is 2.61. The Labute approximate surface area is 91.5 Å². The smallest absolute Gasteiger partial charge is 0.310 e. The van der Waals surface area contributed by atoms with Gasteiger partial charge < -0.3 is 10.2 Å². The number of hydrogen-bond donors (Lipinski definition) is 2. The van der Waals surface area contributed by atoms with Crippen LogP contribution in [0.3, 0.4) is 0 Å². The van der Waals surface area contributed by atoms with Crippen molar-refractivity contribution < 1.29 is 15.0 Å². The zero-order valence-electron chi connectivity index (χ0n) is 9.92. The van der Waals surface area contributed by atoms with Gasteiger partial charge in [-0.1, -0.05) is 20.8 Å². The average Bonchev–Trinajstić information content (AvgIpc) is 2.18. The molecule has 0 amide bonds. The summed E-state index contributed by atoms with van der Waals surface area (Å²) >= 11 is 0. The van der Waals surface area contributed by atoms with Crippen molar-refractivity contribution in [1.29, 1.82) is 0 Å². The van der Waals surface area contributed by atoms with Gasteiger partial charge in [-0.2, -0.15) is 0 Å². The summed E-state index contributed by atoms with van der Waals surface area (Å²) in [6, 6.07) is 0. The van der Waals surface area contributed by atoms with E-state index < -0.39 is 11.4 Å². The summed E-state index contributed by atoms with van der Waals surface area (Å²) in [5.74, 6) is -0.693. The molecular weight excluding hydrogens is 192 g/mol. The molecule has 0 atom stereocenters. The minimum Gasteiger partial charge on any atom is -0.481 e. The Kier molecular flexibility index (Phi) is 3.44. The number of hydrogen-bond acceptors (Lipinski definition) is 2. The molecule has 1 aliphatic rings. The molecule has 1 saturated carbocycles. The quantitative estimate of drug-likeness (QED) is 0.758. The van der Waals surface area contributed by atoms with Crippen LogP contribution in [0, 0.1) is 10.8 Å². The molecule has 0 unspecified atom stereocenters. The molecule has 88 valence electrons. The maximum Gasteiger partial charge on any atom is 0.310 e. The first kappa shape index (κ1) is 12.5. The van der Waals surface area contributed by atoms with E-state index in [0.717, 1.165) is 6.42 Å². The van der Waals surface area contributed by atoms with Crippen molar-refractivity contribution in [2.24, 2.45) is 10.8 Å². The third kappa shape index (κ3) is 2.03. The Hall–Kier alpha value is -0.570. The highest BCUT2D eigenvalue weighted by molar-refractivity contribution is 5.75. The molecule has 1 rings (SSSR count). The second-order valence-electron chi connectivity index (χ2n) is 5.36. The lowest BCUT2D eigenvalue weighted by Gasteiger charge is -2.46. The van der Waals surface area contributed by atoms with Crippen LogP contribution in [-0.2, 0) is 4.79 Å². The summed E-state index contributed by atoms with van der Waals surface area (Å²) in [4.78, 5) is 11.5. The van der Waals surface area contributed by atoms with Gasteiger partial charge in [0.05, 0.1) is 11.5 Å². The van der Waals surface area contributed by atoms with Crippen LogP contribution in [0.15, 0.2) is 0 Å². The van der Waals surface area contributed by atoms with E-state index in [4.69, 9.17) is 0 Å². The molecule has 3 nitrogen and oxygen atoms in total. The van der Waals surface area contributed by atoms with Gasteiger partial charge in [-0.15, -0.1) is 0 Å². The molecule has 3 heteroatoms. The van der Waals surface area contributed by atoms with Gasteiger partial charge in [0.15, 0.2) is 0 Å². The minimum absolute atomic E-state index is 0.195. The average molecular weight is 214 g/mol. The van der Waals surface area contributed by atoms with E-state index in [0.29, 0.717) is 25.7 Å². The summed E-state index contributed by atoms with van der Waals surface area (Å²) in [7, 11) is 0. The molecular formula is C12H22O3. The van der Waals surface area contributed by atoms with E-state index in [1.54, 1.807) is 0 Å². The first-order valence-electron chi connectivity index (χ1n) is 5.77. The van der Waals surface area contributed by atoms with Gasteiger partial charge in [0, 0.05) is 0 Å². The minimum atomic E-state index is -0.693. The Morgan fingerprint density at radius 1 is 1.40 bits per heavy atom. The van der Waals surface area contributed by atoms with Crippen LogP contribution >= 0.6 is 0 Å². The second kappa shape index (κ2) is 4.12. The zero-order chi connectivity index (χ0) is 11.7.